The molecule has 0 bridgehead atoms. The van der Waals surface area contributed by atoms with Crippen LogP contribution in [0.15, 0.2) is 12.1 Å². The Balaban J connectivity index is 2.32. The number of fused-ring (bicyclic) bond motifs is 1. The van der Waals surface area contributed by atoms with Crippen LogP contribution in [-0.2, 0) is 17.6 Å². The molecule has 2 heteroatoms. The summed E-state index contributed by atoms with van der Waals surface area (Å²) in [6.45, 7) is 8.11. The molecule has 0 fully saturated rings. The van der Waals surface area contributed by atoms with E-state index in [1.165, 1.54) is 24.5 Å². The van der Waals surface area contributed by atoms with E-state index in [-0.39, 0.29) is 5.97 Å². The molecule has 0 unspecified atom stereocenters. The second-order valence-electron chi connectivity index (χ2n) is 5.67. The Morgan fingerprint density at radius 1 is 1.39 bits per heavy atom. The zero-order valence-electron chi connectivity index (χ0n) is 11.7. The first-order valence-electron chi connectivity index (χ1n) is 6.78. The summed E-state index contributed by atoms with van der Waals surface area (Å²) in [7, 11) is 0. The third kappa shape index (κ3) is 2.58. The fourth-order valence-corrected chi connectivity index (χ4v) is 2.85. The fraction of sp³-hybridized carbons (Fsp3) is 0.562. The summed E-state index contributed by atoms with van der Waals surface area (Å²) in [5, 5.41) is 0. The highest BCUT2D eigenvalue weighted by Gasteiger charge is 2.23. The zero-order chi connectivity index (χ0) is 13.3. The van der Waals surface area contributed by atoms with Crippen molar-refractivity contribution < 1.29 is 9.53 Å². The topological polar surface area (TPSA) is 26.3 Å². The van der Waals surface area contributed by atoms with Gasteiger partial charge in [0.15, 0.2) is 0 Å². The zero-order valence-corrected chi connectivity index (χ0v) is 11.7. The molecule has 1 aliphatic carbocycles. The highest BCUT2D eigenvalue weighted by Crippen LogP contribution is 2.35. The Morgan fingerprint density at radius 3 is 2.72 bits per heavy atom. The van der Waals surface area contributed by atoms with Gasteiger partial charge in [0.25, 0.3) is 0 Å². The highest BCUT2D eigenvalue weighted by atomic mass is 16.5. The molecular formula is C16H22O2. The molecule has 1 atom stereocenters. The van der Waals surface area contributed by atoms with Crippen LogP contribution in [0.25, 0.3) is 0 Å². The molecule has 0 amide bonds. The van der Waals surface area contributed by atoms with E-state index in [2.05, 4.69) is 26.8 Å². The van der Waals surface area contributed by atoms with Gasteiger partial charge >= 0.3 is 5.97 Å². The number of hydrogen-bond donors (Lipinski definition) is 0. The third-order valence-electron chi connectivity index (χ3n) is 4.09. The van der Waals surface area contributed by atoms with Gasteiger partial charge in [-0.05, 0) is 60.8 Å². The second-order valence-corrected chi connectivity index (χ2v) is 5.67. The quantitative estimate of drug-likeness (QED) is 0.587. The van der Waals surface area contributed by atoms with Crippen molar-refractivity contribution in [2.45, 2.75) is 47.0 Å². The van der Waals surface area contributed by atoms with Gasteiger partial charge in [-0.3, -0.25) is 4.79 Å². The van der Waals surface area contributed by atoms with Crippen molar-refractivity contribution >= 4 is 5.97 Å². The van der Waals surface area contributed by atoms with E-state index in [4.69, 9.17) is 4.74 Å². The molecule has 1 aliphatic rings. The van der Waals surface area contributed by atoms with Crippen molar-refractivity contribution in [1.82, 2.24) is 0 Å². The van der Waals surface area contributed by atoms with Crippen LogP contribution in [0, 0.1) is 18.8 Å². The predicted molar refractivity (Wildman–Crippen MR) is 72.8 cm³/mol. The largest absolute Gasteiger partial charge is 0.426 e. The van der Waals surface area contributed by atoms with Crippen LogP contribution >= 0.6 is 0 Å². The van der Waals surface area contributed by atoms with E-state index in [1.807, 2.05) is 6.07 Å². The lowest BCUT2D eigenvalue weighted by atomic mass is 9.77. The molecule has 98 valence electrons. The molecule has 0 aliphatic heterocycles. The lowest BCUT2D eigenvalue weighted by Gasteiger charge is -2.29. The summed E-state index contributed by atoms with van der Waals surface area (Å²) < 4.78 is 5.27. The Labute approximate surface area is 109 Å². The van der Waals surface area contributed by atoms with E-state index in [1.54, 1.807) is 0 Å². The summed E-state index contributed by atoms with van der Waals surface area (Å²) in [6.07, 6.45) is 3.55. The first-order chi connectivity index (χ1) is 8.49. The second kappa shape index (κ2) is 5.13. The average molecular weight is 246 g/mol. The molecule has 0 N–H and O–H groups in total. The van der Waals surface area contributed by atoms with Crippen molar-refractivity contribution in [3.63, 3.8) is 0 Å². The molecule has 1 aromatic rings. The Morgan fingerprint density at radius 2 is 2.11 bits per heavy atom. The van der Waals surface area contributed by atoms with E-state index < -0.39 is 0 Å². The lowest BCUT2D eigenvalue weighted by Crippen LogP contribution is -2.20. The van der Waals surface area contributed by atoms with Gasteiger partial charge in [0.05, 0.1) is 0 Å². The van der Waals surface area contributed by atoms with Crippen molar-refractivity contribution in [2.24, 2.45) is 11.8 Å². The normalized spacial score (nSPS) is 18.6. The van der Waals surface area contributed by atoms with Gasteiger partial charge in [-0.15, -0.1) is 0 Å². The van der Waals surface area contributed by atoms with Gasteiger partial charge in [0, 0.05) is 6.92 Å². The molecule has 2 rings (SSSR count). The minimum Gasteiger partial charge on any atom is -0.426 e. The summed E-state index contributed by atoms with van der Waals surface area (Å²) in [5.41, 5.74) is 3.98. The first kappa shape index (κ1) is 13.1. The minimum atomic E-state index is -0.241. The number of esters is 1. The van der Waals surface area contributed by atoms with Gasteiger partial charge in [0.2, 0.25) is 0 Å². The number of rotatable bonds is 2. The summed E-state index contributed by atoms with van der Waals surface area (Å²) in [6, 6.07) is 4.06. The number of benzene rings is 1. The molecule has 0 saturated carbocycles. The monoisotopic (exact) mass is 246 g/mol. The molecule has 0 saturated heterocycles. The molecule has 0 radical (unpaired) electrons. The molecule has 1 aromatic carbocycles. The Kier molecular flexibility index (Phi) is 3.74. The van der Waals surface area contributed by atoms with E-state index in [9.17, 15) is 4.79 Å². The molecule has 2 nitrogen and oxygen atoms in total. The van der Waals surface area contributed by atoms with Crippen LogP contribution in [0.3, 0.4) is 0 Å². The highest BCUT2D eigenvalue weighted by molar-refractivity contribution is 5.70. The number of carbonyl (C=O) groups is 1. The number of carbonyl (C=O) groups excluding carboxylic acids is 1. The molecule has 18 heavy (non-hydrogen) atoms. The van der Waals surface area contributed by atoms with Crippen molar-refractivity contribution in [3.05, 3.63) is 28.8 Å². The Bertz CT molecular complexity index is 460. The molecule has 0 spiro atoms. The Hall–Kier alpha value is -1.31. The molecule has 0 heterocycles. The SMILES string of the molecule is CC(=O)Oc1ccc2c(c1C)C[C@H](C(C)C)CC2. The van der Waals surface area contributed by atoms with Gasteiger partial charge in [0.1, 0.15) is 5.75 Å². The summed E-state index contributed by atoms with van der Waals surface area (Å²) in [5.74, 6) is 1.96. The maximum Gasteiger partial charge on any atom is 0.308 e. The van der Waals surface area contributed by atoms with Crippen LogP contribution in [-0.4, -0.2) is 5.97 Å². The number of ether oxygens (including phenoxy) is 1. The molecule has 0 aromatic heterocycles. The van der Waals surface area contributed by atoms with Gasteiger partial charge in [-0.2, -0.15) is 0 Å². The first-order valence-corrected chi connectivity index (χ1v) is 6.78. The lowest BCUT2D eigenvalue weighted by molar-refractivity contribution is -0.131. The van der Waals surface area contributed by atoms with Crippen LogP contribution in [0.5, 0.6) is 5.75 Å². The average Bonchev–Trinajstić information content (AvgIpc) is 2.32. The van der Waals surface area contributed by atoms with Crippen LogP contribution in [0.2, 0.25) is 0 Å². The van der Waals surface area contributed by atoms with Crippen molar-refractivity contribution in [3.8, 4) is 5.75 Å². The maximum atomic E-state index is 11.1. The number of hydrogen-bond acceptors (Lipinski definition) is 2. The third-order valence-corrected chi connectivity index (χ3v) is 4.09. The maximum absolute atomic E-state index is 11.1. The minimum absolute atomic E-state index is 0.241. The van der Waals surface area contributed by atoms with Gasteiger partial charge in [-0.25, -0.2) is 0 Å². The standard InChI is InChI=1S/C16H22O2/c1-10(2)14-6-5-13-7-8-16(18-12(4)17)11(3)15(13)9-14/h7-8,10,14H,5-6,9H2,1-4H3/t14-/m1/s1. The van der Waals surface area contributed by atoms with Crippen LogP contribution in [0.1, 0.15) is 43.9 Å². The van der Waals surface area contributed by atoms with Gasteiger partial charge < -0.3 is 4.74 Å². The predicted octanol–water partition coefficient (Wildman–Crippen LogP) is 3.68. The summed E-state index contributed by atoms with van der Waals surface area (Å²) in [4.78, 5) is 11.1. The van der Waals surface area contributed by atoms with Crippen LogP contribution in [0.4, 0.5) is 0 Å². The van der Waals surface area contributed by atoms with Crippen LogP contribution < -0.4 is 4.74 Å². The van der Waals surface area contributed by atoms with Crippen molar-refractivity contribution in [2.75, 3.05) is 0 Å². The smallest absolute Gasteiger partial charge is 0.308 e. The summed E-state index contributed by atoms with van der Waals surface area (Å²) >= 11 is 0. The van der Waals surface area contributed by atoms with E-state index in [0.717, 1.165) is 36.0 Å². The van der Waals surface area contributed by atoms with Crippen molar-refractivity contribution in [1.29, 1.82) is 0 Å². The van der Waals surface area contributed by atoms with E-state index in [0.29, 0.717) is 0 Å². The fourth-order valence-electron chi connectivity index (χ4n) is 2.85. The number of aryl methyl sites for hydroxylation is 1. The molecular weight excluding hydrogens is 224 g/mol. The van der Waals surface area contributed by atoms with E-state index >= 15 is 0 Å². The van der Waals surface area contributed by atoms with Gasteiger partial charge in [-0.1, -0.05) is 19.9 Å².